The van der Waals surface area contributed by atoms with Crippen LogP contribution in [0.2, 0.25) is 0 Å². The number of β-amino-alcohol motifs (C(OH)–C–C–N with tert-alkyl or cyclic N) is 1. The van der Waals surface area contributed by atoms with Crippen LogP contribution in [-0.2, 0) is 4.74 Å². The summed E-state index contributed by atoms with van der Waals surface area (Å²) in [7, 11) is 0. The zero-order valence-corrected chi connectivity index (χ0v) is 13.7. The molecule has 4 nitrogen and oxygen atoms in total. The van der Waals surface area contributed by atoms with E-state index >= 15 is 0 Å². The Kier molecular flexibility index (Phi) is 4.99. The van der Waals surface area contributed by atoms with Gasteiger partial charge in [-0.25, -0.2) is 0 Å². The molecule has 2 unspecified atom stereocenters. The summed E-state index contributed by atoms with van der Waals surface area (Å²) in [5.41, 5.74) is 7.11. The van der Waals surface area contributed by atoms with Crippen LogP contribution in [0, 0.1) is 0 Å². The maximum atomic E-state index is 10.4. The second-order valence-corrected chi connectivity index (χ2v) is 6.82. The molecule has 1 aliphatic heterocycles. The zero-order chi connectivity index (χ0) is 15.6. The van der Waals surface area contributed by atoms with Gasteiger partial charge in [-0.05, 0) is 26.3 Å². The van der Waals surface area contributed by atoms with E-state index in [1.807, 2.05) is 24.3 Å². The van der Waals surface area contributed by atoms with Crippen molar-refractivity contribution in [1.82, 2.24) is 4.90 Å². The lowest BCUT2D eigenvalue weighted by Gasteiger charge is -2.42. The van der Waals surface area contributed by atoms with E-state index in [0.29, 0.717) is 11.5 Å². The summed E-state index contributed by atoms with van der Waals surface area (Å²) >= 11 is 4.93. The molecule has 0 saturated carbocycles. The largest absolute Gasteiger partial charge is 0.389 e. The molecule has 1 aliphatic rings. The second kappa shape index (κ2) is 6.40. The quantitative estimate of drug-likeness (QED) is 0.832. The highest BCUT2D eigenvalue weighted by molar-refractivity contribution is 7.80. The molecule has 5 heteroatoms. The number of hydrogen-bond donors (Lipinski definition) is 2. The van der Waals surface area contributed by atoms with E-state index in [4.69, 9.17) is 22.7 Å². The maximum absolute atomic E-state index is 10.4. The molecule has 2 rings (SSSR count). The van der Waals surface area contributed by atoms with Crippen molar-refractivity contribution in [2.24, 2.45) is 5.73 Å². The summed E-state index contributed by atoms with van der Waals surface area (Å²) in [5.74, 6) is 0. The summed E-state index contributed by atoms with van der Waals surface area (Å²) in [6.45, 7) is 8.49. The standard InChI is InChI=1S/C16H24N2O2S/c1-11-8-18(10-16(2,3)20-11)9-14(19)12-4-6-13(7-5-12)15(17)21/h4-7,11,14,19H,8-10H2,1-3H3,(H2,17,21). The molecule has 1 saturated heterocycles. The minimum Gasteiger partial charge on any atom is -0.389 e. The molecular formula is C16H24N2O2S. The van der Waals surface area contributed by atoms with Crippen molar-refractivity contribution in [3.05, 3.63) is 35.4 Å². The predicted octanol–water partition coefficient (Wildman–Crippen LogP) is 1.85. The van der Waals surface area contributed by atoms with Crippen LogP contribution in [0.4, 0.5) is 0 Å². The van der Waals surface area contributed by atoms with E-state index < -0.39 is 6.10 Å². The number of benzene rings is 1. The number of nitrogens with two attached hydrogens (primary N) is 1. The number of nitrogens with zero attached hydrogens (tertiary/aromatic N) is 1. The third-order valence-electron chi connectivity index (χ3n) is 3.65. The van der Waals surface area contributed by atoms with E-state index in [1.165, 1.54) is 0 Å². The van der Waals surface area contributed by atoms with Gasteiger partial charge in [-0.1, -0.05) is 36.5 Å². The number of morpholine rings is 1. The number of thiocarbonyl (C=S) groups is 1. The molecule has 3 N–H and O–H groups in total. The fourth-order valence-electron chi connectivity index (χ4n) is 2.94. The summed E-state index contributed by atoms with van der Waals surface area (Å²) < 4.78 is 5.88. The Morgan fingerprint density at radius 2 is 2.10 bits per heavy atom. The van der Waals surface area contributed by atoms with Gasteiger partial charge in [0.25, 0.3) is 0 Å². The van der Waals surface area contributed by atoms with Crippen LogP contribution in [0.15, 0.2) is 24.3 Å². The molecule has 0 aromatic heterocycles. The molecule has 21 heavy (non-hydrogen) atoms. The van der Waals surface area contributed by atoms with Crippen LogP contribution in [0.3, 0.4) is 0 Å². The lowest BCUT2D eigenvalue weighted by Crippen LogP contribution is -2.52. The molecule has 0 aliphatic carbocycles. The van der Waals surface area contributed by atoms with Gasteiger partial charge >= 0.3 is 0 Å². The molecule has 1 aromatic rings. The van der Waals surface area contributed by atoms with Gasteiger partial charge in [0.15, 0.2) is 0 Å². The Bertz CT molecular complexity index is 502. The molecule has 1 heterocycles. The summed E-state index contributed by atoms with van der Waals surface area (Å²) in [5, 5.41) is 10.4. The van der Waals surface area contributed by atoms with Gasteiger partial charge in [-0.15, -0.1) is 0 Å². The summed E-state index contributed by atoms with van der Waals surface area (Å²) in [6.07, 6.45) is -0.343. The van der Waals surface area contributed by atoms with Crippen molar-refractivity contribution in [1.29, 1.82) is 0 Å². The highest BCUT2D eigenvalue weighted by Gasteiger charge is 2.32. The smallest absolute Gasteiger partial charge is 0.103 e. The molecule has 1 fully saturated rings. The first kappa shape index (κ1) is 16.4. The Morgan fingerprint density at radius 3 is 2.62 bits per heavy atom. The van der Waals surface area contributed by atoms with E-state index in [2.05, 4.69) is 25.7 Å². The van der Waals surface area contributed by atoms with E-state index in [0.717, 1.165) is 24.2 Å². The van der Waals surface area contributed by atoms with Crippen molar-refractivity contribution in [2.75, 3.05) is 19.6 Å². The first-order chi connectivity index (χ1) is 9.77. The predicted molar refractivity (Wildman–Crippen MR) is 88.4 cm³/mol. The number of rotatable bonds is 4. The van der Waals surface area contributed by atoms with Crippen LogP contribution in [0.25, 0.3) is 0 Å². The van der Waals surface area contributed by atoms with Crippen LogP contribution in [-0.4, -0.2) is 46.3 Å². The van der Waals surface area contributed by atoms with Gasteiger partial charge in [-0.3, -0.25) is 4.90 Å². The average Bonchev–Trinajstić information content (AvgIpc) is 2.36. The Morgan fingerprint density at radius 1 is 1.48 bits per heavy atom. The average molecular weight is 308 g/mol. The SMILES string of the molecule is CC1CN(CC(O)c2ccc(C(N)=S)cc2)CC(C)(C)O1. The van der Waals surface area contributed by atoms with Crippen LogP contribution in [0.1, 0.15) is 38.0 Å². The van der Waals surface area contributed by atoms with Crippen LogP contribution < -0.4 is 5.73 Å². The first-order valence-corrected chi connectivity index (χ1v) is 7.66. The van der Waals surface area contributed by atoms with Crippen molar-refractivity contribution in [2.45, 2.75) is 38.6 Å². The molecular weight excluding hydrogens is 284 g/mol. The maximum Gasteiger partial charge on any atom is 0.103 e. The summed E-state index contributed by atoms with van der Waals surface area (Å²) in [6, 6.07) is 7.47. The molecule has 0 bridgehead atoms. The third kappa shape index (κ3) is 4.48. The van der Waals surface area contributed by atoms with Gasteiger partial charge in [-0.2, -0.15) is 0 Å². The minimum atomic E-state index is -0.522. The lowest BCUT2D eigenvalue weighted by molar-refractivity contribution is -0.133. The van der Waals surface area contributed by atoms with E-state index in [9.17, 15) is 5.11 Å². The third-order valence-corrected chi connectivity index (χ3v) is 3.89. The van der Waals surface area contributed by atoms with Crippen LogP contribution in [0.5, 0.6) is 0 Å². The molecule has 1 aromatic carbocycles. The van der Waals surface area contributed by atoms with E-state index in [1.54, 1.807) is 0 Å². The van der Waals surface area contributed by atoms with Gasteiger partial charge in [0.2, 0.25) is 0 Å². The van der Waals surface area contributed by atoms with Gasteiger partial charge < -0.3 is 15.6 Å². The van der Waals surface area contributed by atoms with Crippen LogP contribution >= 0.6 is 12.2 Å². The minimum absolute atomic E-state index is 0.174. The van der Waals surface area contributed by atoms with Gasteiger partial charge in [0.05, 0.1) is 17.8 Å². The molecule has 0 spiro atoms. The van der Waals surface area contributed by atoms with Gasteiger partial charge in [0.1, 0.15) is 4.99 Å². The van der Waals surface area contributed by atoms with E-state index in [-0.39, 0.29) is 11.7 Å². The van der Waals surface area contributed by atoms with Crippen molar-refractivity contribution in [3.8, 4) is 0 Å². The lowest BCUT2D eigenvalue weighted by atomic mass is 10.0. The monoisotopic (exact) mass is 308 g/mol. The fraction of sp³-hybridized carbons (Fsp3) is 0.562. The topological polar surface area (TPSA) is 58.7 Å². The highest BCUT2D eigenvalue weighted by atomic mass is 32.1. The number of aliphatic hydroxyl groups is 1. The Labute approximate surface area is 131 Å². The number of hydrogen-bond acceptors (Lipinski definition) is 4. The first-order valence-electron chi connectivity index (χ1n) is 7.25. The highest BCUT2D eigenvalue weighted by Crippen LogP contribution is 2.23. The molecule has 116 valence electrons. The number of ether oxygens (including phenoxy) is 1. The fourth-order valence-corrected chi connectivity index (χ4v) is 3.08. The Balaban J connectivity index is 2.00. The van der Waals surface area contributed by atoms with Crippen molar-refractivity contribution in [3.63, 3.8) is 0 Å². The van der Waals surface area contributed by atoms with Crippen molar-refractivity contribution >= 4 is 17.2 Å². The Hall–Kier alpha value is -1.01. The summed E-state index contributed by atoms with van der Waals surface area (Å²) in [4.78, 5) is 2.63. The second-order valence-electron chi connectivity index (χ2n) is 6.38. The normalized spacial score (nSPS) is 23.7. The van der Waals surface area contributed by atoms with Gasteiger partial charge in [0, 0.05) is 25.2 Å². The number of aliphatic hydroxyl groups excluding tert-OH is 1. The molecule has 0 radical (unpaired) electrons. The van der Waals surface area contributed by atoms with Crippen molar-refractivity contribution < 1.29 is 9.84 Å². The zero-order valence-electron chi connectivity index (χ0n) is 12.9. The molecule has 2 atom stereocenters. The molecule has 0 amide bonds.